The average Bonchev–Trinajstić information content (AvgIpc) is 2.52. The van der Waals surface area contributed by atoms with E-state index < -0.39 is 0 Å². The van der Waals surface area contributed by atoms with Gasteiger partial charge in [0.25, 0.3) is 0 Å². The molecule has 0 bridgehead atoms. The van der Waals surface area contributed by atoms with Gasteiger partial charge in [-0.05, 0) is 24.1 Å². The van der Waals surface area contributed by atoms with E-state index in [1.165, 1.54) is 5.56 Å². The highest BCUT2D eigenvalue weighted by atomic mass is 79.9. The van der Waals surface area contributed by atoms with E-state index in [0.29, 0.717) is 5.56 Å². The number of benzene rings is 2. The van der Waals surface area contributed by atoms with Gasteiger partial charge in [-0.2, -0.15) is 0 Å². The number of hydrogen-bond donors (Lipinski definition) is 3. The molecule has 110 valence electrons. The van der Waals surface area contributed by atoms with Crippen molar-refractivity contribution in [3.05, 3.63) is 69.7 Å². The van der Waals surface area contributed by atoms with Crippen molar-refractivity contribution in [2.45, 2.75) is 19.5 Å². The van der Waals surface area contributed by atoms with Crippen molar-refractivity contribution in [2.24, 2.45) is 10.9 Å². The van der Waals surface area contributed by atoms with Gasteiger partial charge in [-0.1, -0.05) is 63.6 Å². The van der Waals surface area contributed by atoms with Crippen LogP contribution in [-0.4, -0.2) is 11.0 Å². The predicted molar refractivity (Wildman–Crippen MR) is 88.3 cm³/mol. The first-order valence-corrected chi connectivity index (χ1v) is 7.45. The van der Waals surface area contributed by atoms with Gasteiger partial charge >= 0.3 is 0 Å². The molecule has 0 saturated heterocycles. The minimum atomic E-state index is 0.121. The maximum Gasteiger partial charge on any atom is 0.170 e. The number of hydrogen-bond acceptors (Lipinski definition) is 3. The zero-order chi connectivity index (χ0) is 15.2. The van der Waals surface area contributed by atoms with E-state index in [2.05, 4.69) is 39.4 Å². The van der Waals surface area contributed by atoms with Crippen LogP contribution in [0.25, 0.3) is 0 Å². The number of nitrogens with zero attached hydrogens (tertiary/aromatic N) is 1. The zero-order valence-corrected chi connectivity index (χ0v) is 13.3. The molecule has 0 fully saturated rings. The van der Waals surface area contributed by atoms with Gasteiger partial charge in [0.2, 0.25) is 0 Å². The lowest BCUT2D eigenvalue weighted by atomic mass is 10.1. The van der Waals surface area contributed by atoms with Gasteiger partial charge in [0.15, 0.2) is 5.84 Å². The van der Waals surface area contributed by atoms with Gasteiger partial charge in [0, 0.05) is 22.6 Å². The highest BCUT2D eigenvalue weighted by molar-refractivity contribution is 9.10. The summed E-state index contributed by atoms with van der Waals surface area (Å²) in [6.07, 6.45) is 0. The second kappa shape index (κ2) is 7.24. The van der Waals surface area contributed by atoms with Crippen molar-refractivity contribution < 1.29 is 5.21 Å². The van der Waals surface area contributed by atoms with E-state index in [0.717, 1.165) is 16.6 Å². The molecule has 4 N–H and O–H groups in total. The first-order chi connectivity index (χ1) is 10.1. The van der Waals surface area contributed by atoms with Crippen molar-refractivity contribution in [1.82, 2.24) is 5.32 Å². The summed E-state index contributed by atoms with van der Waals surface area (Å²) >= 11 is 3.57. The number of oxime groups is 1. The monoisotopic (exact) mass is 347 g/mol. The molecular weight excluding hydrogens is 330 g/mol. The van der Waals surface area contributed by atoms with E-state index in [4.69, 9.17) is 10.9 Å². The topological polar surface area (TPSA) is 70.6 Å². The van der Waals surface area contributed by atoms with Gasteiger partial charge in [-0.15, -0.1) is 0 Å². The summed E-state index contributed by atoms with van der Waals surface area (Å²) in [5, 5.41) is 15.1. The van der Waals surface area contributed by atoms with E-state index in [9.17, 15) is 0 Å². The molecular formula is C16H18BrN3O. The third kappa shape index (κ3) is 4.06. The van der Waals surface area contributed by atoms with Crippen LogP contribution in [0.1, 0.15) is 29.7 Å². The number of nitrogens with two attached hydrogens (primary N) is 1. The minimum absolute atomic E-state index is 0.121. The molecule has 0 heterocycles. The third-order valence-electron chi connectivity index (χ3n) is 3.34. The summed E-state index contributed by atoms with van der Waals surface area (Å²) < 4.78 is 1.10. The number of nitrogens with one attached hydrogen (secondary N) is 1. The minimum Gasteiger partial charge on any atom is -0.409 e. The fourth-order valence-corrected chi connectivity index (χ4v) is 2.69. The van der Waals surface area contributed by atoms with Crippen LogP contribution in [0.2, 0.25) is 0 Å². The smallest absolute Gasteiger partial charge is 0.170 e. The molecule has 21 heavy (non-hydrogen) atoms. The Bertz CT molecular complexity index is 626. The Kier molecular flexibility index (Phi) is 5.36. The molecule has 0 radical (unpaired) electrons. The van der Waals surface area contributed by atoms with Crippen LogP contribution in [0.5, 0.6) is 0 Å². The van der Waals surface area contributed by atoms with Crippen LogP contribution in [0.15, 0.2) is 58.2 Å². The Hall–Kier alpha value is -1.85. The lowest BCUT2D eigenvalue weighted by molar-refractivity contribution is 0.318. The van der Waals surface area contributed by atoms with Gasteiger partial charge in [0.05, 0.1) is 0 Å². The molecule has 0 aliphatic carbocycles. The number of rotatable bonds is 5. The van der Waals surface area contributed by atoms with Crippen molar-refractivity contribution >= 4 is 21.8 Å². The summed E-state index contributed by atoms with van der Waals surface area (Å²) in [7, 11) is 0. The van der Waals surface area contributed by atoms with E-state index >= 15 is 0 Å². The van der Waals surface area contributed by atoms with Crippen LogP contribution in [0, 0.1) is 0 Å². The first kappa shape index (κ1) is 15.5. The third-order valence-corrected chi connectivity index (χ3v) is 4.06. The van der Waals surface area contributed by atoms with Gasteiger partial charge < -0.3 is 16.3 Å². The van der Waals surface area contributed by atoms with Gasteiger partial charge in [-0.25, -0.2) is 0 Å². The van der Waals surface area contributed by atoms with Crippen LogP contribution in [-0.2, 0) is 6.54 Å². The summed E-state index contributed by atoms with van der Waals surface area (Å²) in [6, 6.07) is 16.0. The Balaban J connectivity index is 1.98. The second-order valence-corrected chi connectivity index (χ2v) is 5.66. The summed E-state index contributed by atoms with van der Waals surface area (Å²) in [5.74, 6) is 0.121. The zero-order valence-electron chi connectivity index (χ0n) is 11.8. The number of amidine groups is 1. The highest BCUT2D eigenvalue weighted by Gasteiger charge is 2.08. The number of halogens is 1. The lowest BCUT2D eigenvalue weighted by Crippen LogP contribution is -2.18. The molecule has 2 aromatic carbocycles. The van der Waals surface area contributed by atoms with Crippen molar-refractivity contribution in [3.63, 3.8) is 0 Å². The molecule has 5 heteroatoms. The second-order valence-electron chi connectivity index (χ2n) is 4.81. The van der Waals surface area contributed by atoms with Crippen molar-refractivity contribution in [3.8, 4) is 0 Å². The van der Waals surface area contributed by atoms with Crippen LogP contribution in [0.3, 0.4) is 0 Å². The molecule has 0 saturated carbocycles. The molecule has 4 nitrogen and oxygen atoms in total. The largest absolute Gasteiger partial charge is 0.409 e. The molecule has 2 aromatic rings. The lowest BCUT2D eigenvalue weighted by Gasteiger charge is -2.16. The molecule has 0 aromatic heterocycles. The predicted octanol–water partition coefficient (Wildman–Crippen LogP) is 3.39. The molecule has 0 aliphatic heterocycles. The Morgan fingerprint density at radius 3 is 2.52 bits per heavy atom. The quantitative estimate of drug-likeness (QED) is 0.336. The molecule has 0 aliphatic rings. The summed E-state index contributed by atoms with van der Waals surface area (Å²) in [6.45, 7) is 2.88. The standard InChI is InChI=1S/C16H18BrN3O/c1-11(14-4-2-3-5-15(14)17)19-10-12-6-8-13(9-7-12)16(18)20-21/h2-9,11,19,21H,10H2,1H3,(H2,18,20)/t11-/m0/s1. The van der Waals surface area contributed by atoms with E-state index in [1.807, 2.05) is 42.5 Å². The molecule has 0 unspecified atom stereocenters. The van der Waals surface area contributed by atoms with Crippen molar-refractivity contribution in [2.75, 3.05) is 0 Å². The van der Waals surface area contributed by atoms with Crippen LogP contribution in [0.4, 0.5) is 0 Å². The summed E-state index contributed by atoms with van der Waals surface area (Å²) in [5.41, 5.74) is 8.62. The Morgan fingerprint density at radius 2 is 1.90 bits per heavy atom. The maximum atomic E-state index is 8.63. The molecule has 2 rings (SSSR count). The SMILES string of the molecule is C[C@H](NCc1ccc(/C(N)=N/O)cc1)c1ccccc1Br. The first-order valence-electron chi connectivity index (χ1n) is 6.66. The van der Waals surface area contributed by atoms with Gasteiger partial charge in [0.1, 0.15) is 0 Å². The fourth-order valence-electron chi connectivity index (χ4n) is 2.06. The highest BCUT2D eigenvalue weighted by Crippen LogP contribution is 2.22. The Morgan fingerprint density at radius 1 is 1.24 bits per heavy atom. The fraction of sp³-hybridized carbons (Fsp3) is 0.188. The molecule has 1 atom stereocenters. The van der Waals surface area contributed by atoms with Gasteiger partial charge in [-0.3, -0.25) is 0 Å². The molecule has 0 amide bonds. The molecule has 0 spiro atoms. The van der Waals surface area contributed by atoms with E-state index in [-0.39, 0.29) is 11.9 Å². The van der Waals surface area contributed by atoms with Crippen LogP contribution >= 0.6 is 15.9 Å². The normalized spacial score (nSPS) is 13.1. The average molecular weight is 348 g/mol. The van der Waals surface area contributed by atoms with Crippen LogP contribution < -0.4 is 11.1 Å². The Labute approximate surface area is 132 Å². The summed E-state index contributed by atoms with van der Waals surface area (Å²) in [4.78, 5) is 0. The van der Waals surface area contributed by atoms with E-state index in [1.54, 1.807) is 0 Å². The van der Waals surface area contributed by atoms with Crippen molar-refractivity contribution in [1.29, 1.82) is 0 Å². The maximum absolute atomic E-state index is 8.63.